The van der Waals surface area contributed by atoms with Crippen LogP contribution in [0.5, 0.6) is 11.5 Å². The van der Waals surface area contributed by atoms with Crippen molar-refractivity contribution in [3.63, 3.8) is 0 Å². The number of anilines is 1. The highest BCUT2D eigenvalue weighted by molar-refractivity contribution is 7.15. The van der Waals surface area contributed by atoms with Crippen molar-refractivity contribution in [1.29, 1.82) is 0 Å². The summed E-state index contributed by atoms with van der Waals surface area (Å²) in [5.74, 6) is 1.29. The smallest absolute Gasteiger partial charge is 0.230 e. The van der Waals surface area contributed by atoms with Gasteiger partial charge in [-0.15, -0.1) is 11.3 Å². The minimum atomic E-state index is -0.115. The summed E-state index contributed by atoms with van der Waals surface area (Å²) in [6.45, 7) is 1.07. The molecule has 138 valence electrons. The van der Waals surface area contributed by atoms with E-state index < -0.39 is 0 Å². The molecule has 1 N–H and O–H groups in total. The zero-order valence-corrected chi connectivity index (χ0v) is 16.0. The fourth-order valence-corrected chi connectivity index (χ4v) is 3.92. The molecule has 7 heteroatoms. The molecule has 2 aromatic carbocycles. The zero-order chi connectivity index (χ0) is 18.6. The van der Waals surface area contributed by atoms with E-state index in [4.69, 9.17) is 21.1 Å². The van der Waals surface area contributed by atoms with Gasteiger partial charge in [-0.1, -0.05) is 29.8 Å². The highest BCUT2D eigenvalue weighted by atomic mass is 35.5. The van der Waals surface area contributed by atoms with E-state index in [1.165, 1.54) is 11.3 Å². The average molecular weight is 401 g/mol. The molecule has 0 aliphatic carbocycles. The standard InChI is InChI=1S/C20H17ClN2O3S/c21-15-3-1-2-13(8-15)9-16-12-22-20(27-16)23-19(24)11-14-4-5-17-18(10-14)26-7-6-25-17/h1-5,8,10,12H,6-7,9,11H2,(H,22,23,24). The van der Waals surface area contributed by atoms with Crippen LogP contribution in [0, 0.1) is 0 Å². The molecule has 0 radical (unpaired) electrons. The highest BCUT2D eigenvalue weighted by Gasteiger charge is 2.14. The van der Waals surface area contributed by atoms with Crippen LogP contribution in [0.2, 0.25) is 5.02 Å². The van der Waals surface area contributed by atoms with E-state index in [1.54, 1.807) is 6.20 Å². The largest absolute Gasteiger partial charge is 0.486 e. The van der Waals surface area contributed by atoms with E-state index in [2.05, 4.69) is 10.3 Å². The minimum Gasteiger partial charge on any atom is -0.486 e. The summed E-state index contributed by atoms with van der Waals surface area (Å²) in [5.41, 5.74) is 1.98. The van der Waals surface area contributed by atoms with Crippen molar-refractivity contribution < 1.29 is 14.3 Å². The van der Waals surface area contributed by atoms with Crippen molar-refractivity contribution >= 4 is 34.0 Å². The van der Waals surface area contributed by atoms with E-state index in [-0.39, 0.29) is 12.3 Å². The van der Waals surface area contributed by atoms with Gasteiger partial charge in [-0.2, -0.15) is 0 Å². The number of carbonyl (C=O) groups excluding carboxylic acids is 1. The molecule has 1 aliphatic heterocycles. The molecule has 4 rings (SSSR count). The number of ether oxygens (including phenoxy) is 2. The van der Waals surface area contributed by atoms with Crippen LogP contribution in [0.25, 0.3) is 0 Å². The van der Waals surface area contributed by atoms with Gasteiger partial charge in [-0.25, -0.2) is 4.98 Å². The predicted octanol–water partition coefficient (Wildman–Crippen LogP) is 4.34. The second-order valence-corrected chi connectivity index (χ2v) is 7.69. The fraction of sp³-hybridized carbons (Fsp3) is 0.200. The fourth-order valence-electron chi connectivity index (χ4n) is 2.84. The summed E-state index contributed by atoms with van der Waals surface area (Å²) in [7, 11) is 0. The first-order valence-electron chi connectivity index (χ1n) is 8.53. The van der Waals surface area contributed by atoms with Gasteiger partial charge in [-0.3, -0.25) is 4.79 Å². The van der Waals surface area contributed by atoms with Gasteiger partial charge >= 0.3 is 0 Å². The Morgan fingerprint density at radius 3 is 2.81 bits per heavy atom. The van der Waals surface area contributed by atoms with Crippen molar-refractivity contribution in [2.45, 2.75) is 12.8 Å². The van der Waals surface area contributed by atoms with Crippen LogP contribution in [0.4, 0.5) is 5.13 Å². The normalized spacial score (nSPS) is 12.6. The second kappa shape index (κ2) is 7.98. The molecule has 0 spiro atoms. The van der Waals surface area contributed by atoms with Crippen LogP contribution in [0.15, 0.2) is 48.7 Å². The maximum atomic E-state index is 12.3. The van der Waals surface area contributed by atoms with Crippen LogP contribution < -0.4 is 14.8 Å². The van der Waals surface area contributed by atoms with Crippen LogP contribution in [0.3, 0.4) is 0 Å². The number of nitrogens with zero attached hydrogens (tertiary/aromatic N) is 1. The Balaban J connectivity index is 1.36. The first kappa shape index (κ1) is 17.8. The summed E-state index contributed by atoms with van der Waals surface area (Å²) in [6.07, 6.45) is 2.77. The predicted molar refractivity (Wildman–Crippen MR) is 106 cm³/mol. The summed E-state index contributed by atoms with van der Waals surface area (Å²) in [5, 5.41) is 4.16. The van der Waals surface area contributed by atoms with Crippen molar-refractivity contribution in [3.05, 3.63) is 69.7 Å². The molecule has 1 amide bonds. The van der Waals surface area contributed by atoms with Crippen LogP contribution in [0.1, 0.15) is 16.0 Å². The molecule has 0 bridgehead atoms. The molecule has 2 heterocycles. The lowest BCUT2D eigenvalue weighted by atomic mass is 10.1. The van der Waals surface area contributed by atoms with E-state index in [1.807, 2.05) is 42.5 Å². The van der Waals surface area contributed by atoms with Crippen LogP contribution in [-0.2, 0) is 17.6 Å². The topological polar surface area (TPSA) is 60.5 Å². The second-order valence-electron chi connectivity index (χ2n) is 6.14. The van der Waals surface area contributed by atoms with E-state index in [9.17, 15) is 4.79 Å². The van der Waals surface area contributed by atoms with Gasteiger partial charge in [0.15, 0.2) is 16.6 Å². The molecule has 5 nitrogen and oxygen atoms in total. The van der Waals surface area contributed by atoms with Crippen molar-refractivity contribution in [1.82, 2.24) is 4.98 Å². The molecule has 0 fully saturated rings. The Bertz CT molecular complexity index is 973. The van der Waals surface area contributed by atoms with Gasteiger partial charge in [0.05, 0.1) is 6.42 Å². The summed E-state index contributed by atoms with van der Waals surface area (Å²) < 4.78 is 11.1. The number of fused-ring (bicyclic) bond motifs is 1. The first-order chi connectivity index (χ1) is 13.2. The van der Waals surface area contributed by atoms with Crippen molar-refractivity contribution in [3.8, 4) is 11.5 Å². The number of halogens is 1. The molecule has 27 heavy (non-hydrogen) atoms. The Morgan fingerprint density at radius 2 is 1.96 bits per heavy atom. The lowest BCUT2D eigenvalue weighted by Gasteiger charge is -2.18. The van der Waals surface area contributed by atoms with Crippen LogP contribution >= 0.6 is 22.9 Å². The summed E-state index contributed by atoms with van der Waals surface area (Å²) in [4.78, 5) is 17.7. The Morgan fingerprint density at radius 1 is 1.11 bits per heavy atom. The monoisotopic (exact) mass is 400 g/mol. The number of hydrogen-bond donors (Lipinski definition) is 1. The highest BCUT2D eigenvalue weighted by Crippen LogP contribution is 2.31. The maximum Gasteiger partial charge on any atom is 0.230 e. The van der Waals surface area contributed by atoms with Gasteiger partial charge in [0.1, 0.15) is 13.2 Å². The van der Waals surface area contributed by atoms with Crippen LogP contribution in [-0.4, -0.2) is 24.1 Å². The number of hydrogen-bond acceptors (Lipinski definition) is 5. The number of aromatic nitrogens is 1. The molecule has 1 aliphatic rings. The maximum absolute atomic E-state index is 12.3. The Labute approximate surface area is 165 Å². The van der Waals surface area contributed by atoms with E-state index >= 15 is 0 Å². The minimum absolute atomic E-state index is 0.115. The SMILES string of the molecule is O=C(Cc1ccc2c(c1)OCCO2)Nc1ncc(Cc2cccc(Cl)c2)s1. The Hall–Kier alpha value is -2.57. The molecule has 1 aromatic heterocycles. The van der Waals surface area contributed by atoms with Gasteiger partial charge < -0.3 is 14.8 Å². The number of benzene rings is 2. The lowest BCUT2D eigenvalue weighted by molar-refractivity contribution is -0.115. The molecule has 0 unspecified atom stereocenters. The first-order valence-corrected chi connectivity index (χ1v) is 9.73. The van der Waals surface area contributed by atoms with Gasteiger partial charge in [0.2, 0.25) is 5.91 Å². The molecule has 0 saturated carbocycles. The number of rotatable bonds is 5. The molecule has 0 atom stereocenters. The number of nitrogens with one attached hydrogen (secondary N) is 1. The third kappa shape index (κ3) is 4.59. The summed E-state index contributed by atoms with van der Waals surface area (Å²) >= 11 is 7.48. The number of amides is 1. The van der Waals surface area contributed by atoms with Crippen molar-refractivity contribution in [2.24, 2.45) is 0 Å². The number of carbonyl (C=O) groups is 1. The summed E-state index contributed by atoms with van der Waals surface area (Å²) in [6, 6.07) is 13.3. The van der Waals surface area contributed by atoms with E-state index in [0.29, 0.717) is 29.1 Å². The van der Waals surface area contributed by atoms with Gasteiger partial charge in [0.25, 0.3) is 0 Å². The Kier molecular flexibility index (Phi) is 5.27. The molecule has 0 saturated heterocycles. The molecule has 3 aromatic rings. The average Bonchev–Trinajstić information content (AvgIpc) is 3.08. The van der Waals surface area contributed by atoms with Crippen molar-refractivity contribution in [2.75, 3.05) is 18.5 Å². The van der Waals surface area contributed by atoms with Gasteiger partial charge in [-0.05, 0) is 35.4 Å². The van der Waals surface area contributed by atoms with E-state index in [0.717, 1.165) is 28.2 Å². The zero-order valence-electron chi connectivity index (χ0n) is 14.4. The molecular formula is C20H17ClN2O3S. The third-order valence-electron chi connectivity index (χ3n) is 4.04. The lowest BCUT2D eigenvalue weighted by Crippen LogP contribution is -2.17. The third-order valence-corrected chi connectivity index (χ3v) is 5.19. The number of thiazole rings is 1. The van der Waals surface area contributed by atoms with Gasteiger partial charge in [0, 0.05) is 22.5 Å². The quantitative estimate of drug-likeness (QED) is 0.692. The molecular weight excluding hydrogens is 384 g/mol.